The fraction of sp³-hybridized carbons (Fsp3) is 0.0870. The predicted molar refractivity (Wildman–Crippen MR) is 120 cm³/mol. The minimum absolute atomic E-state index is 0.00638. The van der Waals surface area contributed by atoms with Gasteiger partial charge in [-0.2, -0.15) is 17.6 Å². The number of ether oxygens (including phenoxy) is 1. The number of benzene rings is 3. The molecule has 0 saturated carbocycles. The summed E-state index contributed by atoms with van der Waals surface area (Å²) in [7, 11) is -3.13. The Bertz CT molecular complexity index is 1490. The van der Waals surface area contributed by atoms with Crippen LogP contribution >= 0.6 is 11.6 Å². The summed E-state index contributed by atoms with van der Waals surface area (Å²) in [5, 5.41) is 4.48. The van der Waals surface area contributed by atoms with Crippen molar-refractivity contribution in [2.75, 3.05) is 7.11 Å². The number of methoxy groups -OCH3 is 1. The first-order chi connectivity index (χ1) is 15.7. The lowest BCUT2D eigenvalue weighted by molar-refractivity contribution is 0.0596. The maximum Gasteiger partial charge on any atom is 0.339 e. The first-order valence-electron chi connectivity index (χ1n) is 9.61. The molecule has 0 aliphatic heterocycles. The Morgan fingerprint density at radius 3 is 2.58 bits per heavy atom. The minimum Gasteiger partial charge on any atom is -0.465 e. The van der Waals surface area contributed by atoms with Crippen LogP contribution in [0.4, 0.5) is 4.39 Å². The van der Waals surface area contributed by atoms with E-state index in [1.807, 2.05) is 0 Å². The monoisotopic (exact) mass is 486 g/mol. The van der Waals surface area contributed by atoms with Crippen LogP contribution in [-0.2, 0) is 21.2 Å². The number of rotatable bonds is 6. The molecule has 0 aliphatic rings. The van der Waals surface area contributed by atoms with Gasteiger partial charge in [0.1, 0.15) is 10.7 Å². The zero-order valence-electron chi connectivity index (χ0n) is 17.2. The number of carbonyl (C=O) groups is 2. The molecule has 0 radical (unpaired) electrons. The molecule has 10 heteroatoms. The summed E-state index contributed by atoms with van der Waals surface area (Å²) in [4.78, 5) is 24.5. The van der Waals surface area contributed by atoms with E-state index in [0.29, 0.717) is 10.9 Å². The Morgan fingerprint density at radius 2 is 1.85 bits per heavy atom. The molecule has 0 saturated heterocycles. The Kier molecular flexibility index (Phi) is 6.01. The van der Waals surface area contributed by atoms with Crippen LogP contribution in [0.25, 0.3) is 10.9 Å². The molecule has 0 amide bonds. The molecule has 168 valence electrons. The van der Waals surface area contributed by atoms with Gasteiger partial charge in [0.25, 0.3) is 10.0 Å². The summed E-state index contributed by atoms with van der Waals surface area (Å²) in [5.74, 6) is -2.10. The Morgan fingerprint density at radius 1 is 1.09 bits per heavy atom. The molecule has 7 nitrogen and oxygen atoms in total. The number of aromatic nitrogens is 2. The highest BCUT2D eigenvalue weighted by Crippen LogP contribution is 2.26. The molecule has 0 bridgehead atoms. The van der Waals surface area contributed by atoms with Gasteiger partial charge >= 0.3 is 5.97 Å². The maximum atomic E-state index is 14.1. The SMILES string of the molecule is COC(=O)c1ccccc1S(=O)(=O)n1ncc2ccc(CC(=O)c3c(F)cccc3Cl)cc21. The Hall–Kier alpha value is -3.56. The molecule has 0 fully saturated rings. The molecule has 1 heterocycles. The number of Topliss-reactive ketones (excluding diaryl/α,β-unsaturated/α-hetero) is 1. The number of hydrogen-bond acceptors (Lipinski definition) is 6. The van der Waals surface area contributed by atoms with E-state index < -0.39 is 27.6 Å². The number of fused-ring (bicyclic) bond motifs is 1. The number of halogens is 2. The first kappa shape index (κ1) is 22.6. The third-order valence-electron chi connectivity index (χ3n) is 5.01. The average Bonchev–Trinajstić information content (AvgIpc) is 3.22. The molecule has 1 aromatic heterocycles. The second-order valence-electron chi connectivity index (χ2n) is 7.07. The largest absolute Gasteiger partial charge is 0.465 e. The highest BCUT2D eigenvalue weighted by atomic mass is 35.5. The quantitative estimate of drug-likeness (QED) is 0.298. The van der Waals surface area contributed by atoms with E-state index in [0.717, 1.165) is 17.3 Å². The fourth-order valence-electron chi connectivity index (χ4n) is 3.44. The van der Waals surface area contributed by atoms with Crippen LogP contribution in [0, 0.1) is 5.82 Å². The van der Waals surface area contributed by atoms with Crippen molar-refractivity contribution in [2.24, 2.45) is 0 Å². The van der Waals surface area contributed by atoms with Crippen LogP contribution < -0.4 is 0 Å². The molecular weight excluding hydrogens is 471 g/mol. The Balaban J connectivity index is 1.77. The summed E-state index contributed by atoms with van der Waals surface area (Å²) in [5.41, 5.74) is 0.265. The fourth-order valence-corrected chi connectivity index (χ4v) is 5.17. The van der Waals surface area contributed by atoms with E-state index in [2.05, 4.69) is 9.84 Å². The van der Waals surface area contributed by atoms with Crippen LogP contribution in [0.1, 0.15) is 26.3 Å². The van der Waals surface area contributed by atoms with Gasteiger partial charge in [0.2, 0.25) is 0 Å². The van der Waals surface area contributed by atoms with Crippen molar-refractivity contribution in [3.05, 3.63) is 94.4 Å². The zero-order valence-corrected chi connectivity index (χ0v) is 18.7. The van der Waals surface area contributed by atoms with Crippen molar-refractivity contribution in [3.63, 3.8) is 0 Å². The van der Waals surface area contributed by atoms with Crippen LogP contribution in [0.15, 0.2) is 71.8 Å². The van der Waals surface area contributed by atoms with Crippen molar-refractivity contribution >= 4 is 44.3 Å². The molecule has 4 aromatic rings. The average molecular weight is 487 g/mol. The van der Waals surface area contributed by atoms with Crippen LogP contribution in [0.5, 0.6) is 0 Å². The Labute approximate surface area is 193 Å². The van der Waals surface area contributed by atoms with Crippen molar-refractivity contribution in [1.82, 2.24) is 9.19 Å². The van der Waals surface area contributed by atoms with Gasteiger partial charge in [-0.15, -0.1) is 0 Å². The zero-order chi connectivity index (χ0) is 23.8. The number of esters is 1. The second kappa shape index (κ2) is 8.76. The van der Waals surface area contributed by atoms with E-state index in [-0.39, 0.29) is 33.0 Å². The van der Waals surface area contributed by atoms with E-state index >= 15 is 0 Å². The third kappa shape index (κ3) is 4.12. The van der Waals surface area contributed by atoms with Gasteiger partial charge in [0, 0.05) is 11.8 Å². The van der Waals surface area contributed by atoms with Gasteiger partial charge in [-0.3, -0.25) is 4.79 Å². The molecule has 0 N–H and O–H groups in total. The summed E-state index contributed by atoms with van der Waals surface area (Å²) in [6, 6.07) is 14.3. The van der Waals surface area contributed by atoms with Crippen molar-refractivity contribution in [1.29, 1.82) is 0 Å². The van der Waals surface area contributed by atoms with Crippen LogP contribution in [0.3, 0.4) is 0 Å². The molecular formula is C23H16ClFN2O5S. The first-order valence-corrected chi connectivity index (χ1v) is 11.4. The van der Waals surface area contributed by atoms with E-state index in [1.165, 1.54) is 48.7 Å². The van der Waals surface area contributed by atoms with Gasteiger partial charge in [-0.05, 0) is 35.9 Å². The summed E-state index contributed by atoms with van der Waals surface area (Å²) < 4.78 is 46.3. The maximum absolute atomic E-state index is 14.1. The predicted octanol–water partition coefficient (Wildman–Crippen LogP) is 4.28. The molecule has 0 aliphatic carbocycles. The molecule has 4 rings (SSSR count). The minimum atomic E-state index is -4.28. The van der Waals surface area contributed by atoms with Crippen molar-refractivity contribution in [3.8, 4) is 0 Å². The number of carbonyl (C=O) groups excluding carboxylic acids is 2. The third-order valence-corrected chi connectivity index (χ3v) is 6.98. The van der Waals surface area contributed by atoms with Crippen molar-refractivity contribution in [2.45, 2.75) is 11.3 Å². The standard InChI is InChI=1S/C23H16ClFN2O5S/c1-32-23(29)16-5-2-3-8-21(16)33(30,31)27-19-11-14(9-10-15(19)13-26-27)12-20(28)22-17(24)6-4-7-18(22)25/h2-11,13H,12H2,1H3. The highest BCUT2D eigenvalue weighted by molar-refractivity contribution is 7.90. The molecule has 0 atom stereocenters. The van der Waals surface area contributed by atoms with Gasteiger partial charge in [0.15, 0.2) is 5.78 Å². The summed E-state index contributed by atoms with van der Waals surface area (Å²) in [6.07, 6.45) is 1.15. The van der Waals surface area contributed by atoms with E-state index in [9.17, 15) is 22.4 Å². The number of hydrogen-bond donors (Lipinski definition) is 0. The normalized spacial score (nSPS) is 11.5. The van der Waals surface area contributed by atoms with Crippen molar-refractivity contribution < 1.29 is 27.1 Å². The second-order valence-corrected chi connectivity index (χ2v) is 9.21. The number of ketones is 1. The smallest absolute Gasteiger partial charge is 0.339 e. The lowest BCUT2D eigenvalue weighted by atomic mass is 10.0. The molecule has 0 unspecified atom stereocenters. The highest BCUT2D eigenvalue weighted by Gasteiger charge is 2.27. The van der Waals surface area contributed by atoms with Gasteiger partial charge in [-0.1, -0.05) is 41.9 Å². The molecule has 3 aromatic carbocycles. The summed E-state index contributed by atoms with van der Waals surface area (Å²) in [6.45, 7) is 0. The van der Waals surface area contributed by atoms with Gasteiger partial charge < -0.3 is 4.74 Å². The van der Waals surface area contributed by atoms with E-state index in [1.54, 1.807) is 12.1 Å². The van der Waals surface area contributed by atoms with Crippen LogP contribution in [-0.4, -0.2) is 36.5 Å². The number of nitrogens with zero attached hydrogens (tertiary/aromatic N) is 2. The lowest BCUT2D eigenvalue weighted by Gasteiger charge is -2.10. The van der Waals surface area contributed by atoms with Gasteiger partial charge in [0.05, 0.1) is 35.0 Å². The van der Waals surface area contributed by atoms with Gasteiger partial charge in [-0.25, -0.2) is 9.18 Å². The van der Waals surface area contributed by atoms with Crippen LogP contribution in [0.2, 0.25) is 5.02 Å². The lowest BCUT2D eigenvalue weighted by Crippen LogP contribution is -2.18. The summed E-state index contributed by atoms with van der Waals surface area (Å²) >= 11 is 5.98. The molecule has 0 spiro atoms. The molecule has 33 heavy (non-hydrogen) atoms. The topological polar surface area (TPSA) is 95.3 Å². The van der Waals surface area contributed by atoms with E-state index in [4.69, 9.17) is 11.6 Å².